The number of carbonyl (C=O) groups excluding carboxylic acids is 1. The van der Waals surface area contributed by atoms with Crippen LogP contribution < -0.4 is 11.1 Å². The Kier molecular flexibility index (Phi) is 4.29. The van der Waals surface area contributed by atoms with Crippen molar-refractivity contribution in [1.29, 1.82) is 0 Å². The molecule has 1 amide bonds. The monoisotopic (exact) mass is 347 g/mol. The number of rotatable bonds is 5. The van der Waals surface area contributed by atoms with Crippen LogP contribution in [0.1, 0.15) is 52.2 Å². The Hall–Kier alpha value is -2.59. The Morgan fingerprint density at radius 1 is 1.15 bits per heavy atom. The maximum Gasteiger partial charge on any atom is 0.253 e. The quantitative estimate of drug-likeness (QED) is 0.732. The number of benzene rings is 2. The number of hydrogen-bond acceptors (Lipinski definition) is 2. The SMILES string of the molecule is Cc1cc(C(=O)NC(CN)c2ccc3ccccc3c2)c(C)n1C1CC1. The maximum absolute atomic E-state index is 12.9. The molecular formula is C22H25N3O. The van der Waals surface area contributed by atoms with E-state index in [1.54, 1.807) is 0 Å². The first-order chi connectivity index (χ1) is 12.6. The number of carbonyl (C=O) groups is 1. The summed E-state index contributed by atoms with van der Waals surface area (Å²) in [6, 6.07) is 16.8. The standard InChI is InChI=1S/C22H25N3O/c1-14-11-20(15(2)25(14)19-9-10-19)22(26)24-21(13-23)18-8-7-16-5-3-4-6-17(16)12-18/h3-8,11-12,19,21H,9-10,13,23H2,1-2H3,(H,24,26). The molecular weight excluding hydrogens is 322 g/mol. The molecule has 0 aliphatic heterocycles. The third-order valence-corrected chi connectivity index (χ3v) is 5.36. The highest BCUT2D eigenvalue weighted by atomic mass is 16.1. The van der Waals surface area contributed by atoms with Gasteiger partial charge in [0.2, 0.25) is 0 Å². The minimum absolute atomic E-state index is 0.0476. The van der Waals surface area contributed by atoms with Gasteiger partial charge in [-0.1, -0.05) is 36.4 Å². The van der Waals surface area contributed by atoms with Crippen molar-refractivity contribution in [3.05, 3.63) is 71.0 Å². The Bertz CT molecular complexity index is 969. The summed E-state index contributed by atoms with van der Waals surface area (Å²) >= 11 is 0. The Labute approximate surface area is 154 Å². The third kappa shape index (κ3) is 3.01. The van der Waals surface area contributed by atoms with E-state index in [-0.39, 0.29) is 11.9 Å². The summed E-state index contributed by atoms with van der Waals surface area (Å²) in [5, 5.41) is 5.47. The molecule has 3 aromatic rings. The van der Waals surface area contributed by atoms with Crippen LogP contribution in [0.4, 0.5) is 0 Å². The van der Waals surface area contributed by atoms with Crippen LogP contribution in [-0.2, 0) is 0 Å². The molecule has 1 heterocycles. The van der Waals surface area contributed by atoms with E-state index < -0.39 is 0 Å². The van der Waals surface area contributed by atoms with E-state index >= 15 is 0 Å². The molecule has 4 nitrogen and oxygen atoms in total. The number of aryl methyl sites for hydroxylation is 1. The van der Waals surface area contributed by atoms with Gasteiger partial charge in [0.1, 0.15) is 0 Å². The minimum Gasteiger partial charge on any atom is -0.345 e. The molecule has 1 unspecified atom stereocenters. The van der Waals surface area contributed by atoms with Crippen molar-refractivity contribution in [2.75, 3.05) is 6.54 Å². The summed E-state index contributed by atoms with van der Waals surface area (Å²) in [6.45, 7) is 4.48. The average Bonchev–Trinajstić information content (AvgIpc) is 3.44. The van der Waals surface area contributed by atoms with E-state index in [9.17, 15) is 4.79 Å². The molecule has 1 aliphatic rings. The predicted octanol–water partition coefficient (Wildman–Crippen LogP) is 4.02. The number of aromatic nitrogens is 1. The zero-order chi connectivity index (χ0) is 18.3. The van der Waals surface area contributed by atoms with Crippen molar-refractivity contribution in [1.82, 2.24) is 9.88 Å². The molecule has 0 saturated heterocycles. The smallest absolute Gasteiger partial charge is 0.253 e. The van der Waals surface area contributed by atoms with Crippen molar-refractivity contribution in [2.24, 2.45) is 5.73 Å². The van der Waals surface area contributed by atoms with Gasteiger partial charge < -0.3 is 15.6 Å². The summed E-state index contributed by atoms with van der Waals surface area (Å²) in [7, 11) is 0. The first-order valence-corrected chi connectivity index (χ1v) is 9.26. The van der Waals surface area contributed by atoms with Gasteiger partial charge in [0, 0.05) is 24.0 Å². The average molecular weight is 347 g/mol. The highest BCUT2D eigenvalue weighted by molar-refractivity contribution is 5.96. The number of nitrogens with one attached hydrogen (secondary N) is 1. The number of hydrogen-bond donors (Lipinski definition) is 2. The second kappa shape index (κ2) is 6.61. The fraction of sp³-hybridized carbons (Fsp3) is 0.318. The zero-order valence-corrected chi connectivity index (χ0v) is 15.3. The van der Waals surface area contributed by atoms with E-state index in [1.165, 1.54) is 18.2 Å². The van der Waals surface area contributed by atoms with Crippen LogP contribution in [-0.4, -0.2) is 17.0 Å². The molecule has 1 aromatic heterocycles. The van der Waals surface area contributed by atoms with Crippen molar-refractivity contribution >= 4 is 16.7 Å². The van der Waals surface area contributed by atoms with E-state index in [2.05, 4.69) is 41.1 Å². The fourth-order valence-electron chi connectivity index (χ4n) is 3.84. The predicted molar refractivity (Wildman–Crippen MR) is 105 cm³/mol. The van der Waals surface area contributed by atoms with Gasteiger partial charge in [-0.2, -0.15) is 0 Å². The third-order valence-electron chi connectivity index (χ3n) is 5.36. The second-order valence-electron chi connectivity index (χ2n) is 7.25. The zero-order valence-electron chi connectivity index (χ0n) is 15.3. The van der Waals surface area contributed by atoms with E-state index in [4.69, 9.17) is 5.73 Å². The summed E-state index contributed by atoms with van der Waals surface area (Å²) < 4.78 is 2.29. The minimum atomic E-state index is -0.198. The highest BCUT2D eigenvalue weighted by Gasteiger charge is 2.28. The molecule has 1 atom stereocenters. The van der Waals surface area contributed by atoms with E-state index in [1.807, 2.05) is 31.2 Å². The number of amides is 1. The van der Waals surface area contributed by atoms with Gasteiger partial charge in [-0.05, 0) is 55.2 Å². The molecule has 3 N–H and O–H groups in total. The first-order valence-electron chi connectivity index (χ1n) is 9.26. The van der Waals surface area contributed by atoms with Crippen molar-refractivity contribution in [2.45, 2.75) is 38.8 Å². The van der Waals surface area contributed by atoms with Crippen LogP contribution in [0, 0.1) is 13.8 Å². The molecule has 4 rings (SSSR count). The number of nitrogens with zero attached hydrogens (tertiary/aromatic N) is 1. The lowest BCUT2D eigenvalue weighted by molar-refractivity contribution is 0.0937. The summed E-state index contributed by atoms with van der Waals surface area (Å²) in [6.07, 6.45) is 2.42. The van der Waals surface area contributed by atoms with Crippen LogP contribution in [0.15, 0.2) is 48.5 Å². The van der Waals surface area contributed by atoms with E-state index in [0.717, 1.165) is 27.9 Å². The van der Waals surface area contributed by atoms with Gasteiger partial charge in [0.05, 0.1) is 11.6 Å². The molecule has 26 heavy (non-hydrogen) atoms. The lowest BCUT2D eigenvalue weighted by atomic mass is 10.0. The molecule has 1 saturated carbocycles. The van der Waals surface area contributed by atoms with Gasteiger partial charge in [0.25, 0.3) is 5.91 Å². The summed E-state index contributed by atoms with van der Waals surface area (Å²) in [4.78, 5) is 12.9. The number of fused-ring (bicyclic) bond motifs is 1. The topological polar surface area (TPSA) is 60.1 Å². The van der Waals surface area contributed by atoms with Gasteiger partial charge in [-0.25, -0.2) is 0 Å². The van der Waals surface area contributed by atoms with Crippen LogP contribution >= 0.6 is 0 Å². The summed E-state index contributed by atoms with van der Waals surface area (Å²) in [5.74, 6) is -0.0476. The Balaban J connectivity index is 1.59. The first kappa shape index (κ1) is 16.9. The molecule has 1 fully saturated rings. The van der Waals surface area contributed by atoms with Gasteiger partial charge in [-0.3, -0.25) is 4.79 Å². The number of nitrogens with two attached hydrogens (primary N) is 1. The molecule has 134 valence electrons. The Morgan fingerprint density at radius 2 is 1.88 bits per heavy atom. The van der Waals surface area contributed by atoms with Crippen molar-refractivity contribution in [3.63, 3.8) is 0 Å². The van der Waals surface area contributed by atoms with Gasteiger partial charge in [0.15, 0.2) is 0 Å². The maximum atomic E-state index is 12.9. The summed E-state index contributed by atoms with van der Waals surface area (Å²) in [5.41, 5.74) is 9.99. The lowest BCUT2D eigenvalue weighted by Gasteiger charge is -2.18. The molecule has 0 spiro atoms. The van der Waals surface area contributed by atoms with Crippen LogP contribution in [0.5, 0.6) is 0 Å². The van der Waals surface area contributed by atoms with E-state index in [0.29, 0.717) is 12.6 Å². The molecule has 1 aliphatic carbocycles. The van der Waals surface area contributed by atoms with Crippen LogP contribution in [0.25, 0.3) is 10.8 Å². The molecule has 0 radical (unpaired) electrons. The van der Waals surface area contributed by atoms with Crippen LogP contribution in [0.2, 0.25) is 0 Å². The highest BCUT2D eigenvalue weighted by Crippen LogP contribution is 2.38. The van der Waals surface area contributed by atoms with Crippen molar-refractivity contribution < 1.29 is 4.79 Å². The molecule has 2 aromatic carbocycles. The van der Waals surface area contributed by atoms with Crippen LogP contribution in [0.3, 0.4) is 0 Å². The second-order valence-corrected chi connectivity index (χ2v) is 7.25. The largest absolute Gasteiger partial charge is 0.345 e. The fourth-order valence-corrected chi connectivity index (χ4v) is 3.84. The van der Waals surface area contributed by atoms with Crippen molar-refractivity contribution in [3.8, 4) is 0 Å². The normalized spacial score (nSPS) is 15.2. The lowest BCUT2D eigenvalue weighted by Crippen LogP contribution is -2.33. The van der Waals surface area contributed by atoms with Gasteiger partial charge >= 0.3 is 0 Å². The molecule has 0 bridgehead atoms. The molecule has 4 heteroatoms. The van der Waals surface area contributed by atoms with Gasteiger partial charge in [-0.15, -0.1) is 0 Å². The Morgan fingerprint density at radius 3 is 2.58 bits per heavy atom.